The first-order chi connectivity index (χ1) is 10.6. The second kappa shape index (κ2) is 4.28. The number of pyridine rings is 2. The van der Waals surface area contributed by atoms with Crippen LogP contribution in [0.1, 0.15) is 22.1 Å². The summed E-state index contributed by atoms with van der Waals surface area (Å²) < 4.78 is 1.91. The first-order valence-electron chi connectivity index (χ1n) is 6.75. The molecule has 3 aromatic rings. The number of fused-ring (bicyclic) bond motifs is 2. The normalized spacial score (nSPS) is 16.8. The van der Waals surface area contributed by atoms with E-state index in [0.29, 0.717) is 11.1 Å². The van der Waals surface area contributed by atoms with Crippen LogP contribution >= 0.6 is 0 Å². The van der Waals surface area contributed by atoms with E-state index in [1.807, 2.05) is 29.9 Å². The Labute approximate surface area is 125 Å². The van der Waals surface area contributed by atoms with Gasteiger partial charge in [-0.25, -0.2) is 9.97 Å². The number of nitrogens with zero attached hydrogens (tertiary/aromatic N) is 3. The number of hydrogen-bond acceptors (Lipinski definition) is 5. The van der Waals surface area contributed by atoms with E-state index in [9.17, 15) is 9.90 Å². The van der Waals surface area contributed by atoms with Crippen molar-refractivity contribution in [3.63, 3.8) is 0 Å². The number of hydrogen-bond donors (Lipinski definition) is 3. The number of aryl methyl sites for hydroxylation is 1. The molecule has 1 unspecified atom stereocenters. The van der Waals surface area contributed by atoms with Crippen LogP contribution in [0.4, 0.5) is 5.82 Å². The second-order valence-electron chi connectivity index (χ2n) is 5.24. The van der Waals surface area contributed by atoms with E-state index >= 15 is 0 Å². The van der Waals surface area contributed by atoms with Gasteiger partial charge in [-0.05, 0) is 17.7 Å². The van der Waals surface area contributed by atoms with Crippen LogP contribution in [-0.2, 0) is 7.05 Å². The smallest absolute Gasteiger partial charge is 0.257 e. The lowest BCUT2D eigenvalue weighted by molar-refractivity contribution is 0.0851. The summed E-state index contributed by atoms with van der Waals surface area (Å²) in [6.07, 6.45) is 4.09. The highest BCUT2D eigenvalue weighted by atomic mass is 16.3. The molecule has 22 heavy (non-hydrogen) atoms. The Kier molecular flexibility index (Phi) is 2.49. The van der Waals surface area contributed by atoms with E-state index in [4.69, 9.17) is 5.73 Å². The van der Waals surface area contributed by atoms with Gasteiger partial charge in [0.25, 0.3) is 5.91 Å². The van der Waals surface area contributed by atoms with Crippen LogP contribution in [-0.4, -0.2) is 25.5 Å². The summed E-state index contributed by atoms with van der Waals surface area (Å²) in [5, 5.41) is 13.5. The summed E-state index contributed by atoms with van der Waals surface area (Å²) in [5.41, 5.74) is 8.84. The summed E-state index contributed by atoms with van der Waals surface area (Å²) in [4.78, 5) is 20.4. The lowest BCUT2D eigenvalue weighted by atomic mass is 9.97. The molecule has 4 N–H and O–H groups in total. The van der Waals surface area contributed by atoms with Gasteiger partial charge in [-0.15, -0.1) is 0 Å². The molecule has 0 fully saturated rings. The Bertz CT molecular complexity index is 931. The highest BCUT2D eigenvalue weighted by Crippen LogP contribution is 2.38. The number of aliphatic hydroxyl groups is 1. The lowest BCUT2D eigenvalue weighted by Gasteiger charge is -2.12. The van der Waals surface area contributed by atoms with Crippen molar-refractivity contribution in [1.82, 2.24) is 19.9 Å². The molecular weight excluding hydrogens is 282 g/mol. The highest BCUT2D eigenvalue weighted by molar-refractivity contribution is 6.06. The van der Waals surface area contributed by atoms with Crippen molar-refractivity contribution in [2.24, 2.45) is 7.05 Å². The average molecular weight is 295 g/mol. The van der Waals surface area contributed by atoms with Gasteiger partial charge in [-0.3, -0.25) is 4.79 Å². The third kappa shape index (κ3) is 1.57. The van der Waals surface area contributed by atoms with E-state index in [-0.39, 0.29) is 11.4 Å². The summed E-state index contributed by atoms with van der Waals surface area (Å²) in [6.45, 7) is 0. The molecule has 1 aliphatic heterocycles. The molecule has 0 aliphatic carbocycles. The van der Waals surface area contributed by atoms with Crippen molar-refractivity contribution >= 4 is 22.8 Å². The fourth-order valence-electron chi connectivity index (χ4n) is 2.95. The van der Waals surface area contributed by atoms with Crippen molar-refractivity contribution in [3.05, 3.63) is 41.9 Å². The maximum Gasteiger partial charge on any atom is 0.257 e. The molecule has 1 aliphatic rings. The van der Waals surface area contributed by atoms with Gasteiger partial charge in [0.2, 0.25) is 0 Å². The Hall–Kier alpha value is -2.93. The fraction of sp³-hybridized carbons (Fsp3) is 0.133. The van der Waals surface area contributed by atoms with Gasteiger partial charge in [-0.2, -0.15) is 0 Å². The Morgan fingerprint density at radius 3 is 2.95 bits per heavy atom. The Morgan fingerprint density at radius 2 is 2.14 bits per heavy atom. The molecule has 110 valence electrons. The second-order valence-corrected chi connectivity index (χ2v) is 5.24. The zero-order chi connectivity index (χ0) is 15.4. The summed E-state index contributed by atoms with van der Waals surface area (Å²) in [7, 11) is 1.91. The molecular formula is C15H13N5O2. The van der Waals surface area contributed by atoms with E-state index in [1.54, 1.807) is 12.4 Å². The molecule has 0 saturated carbocycles. The summed E-state index contributed by atoms with van der Waals surface area (Å²) in [6, 6.07) is 3.78. The number of aromatic nitrogens is 3. The van der Waals surface area contributed by atoms with Gasteiger partial charge in [0.15, 0.2) is 6.23 Å². The molecule has 1 amide bonds. The number of carbonyl (C=O) groups is 1. The van der Waals surface area contributed by atoms with Crippen molar-refractivity contribution in [2.75, 3.05) is 5.73 Å². The molecule has 7 heteroatoms. The van der Waals surface area contributed by atoms with Crippen LogP contribution in [0.15, 0.2) is 30.7 Å². The van der Waals surface area contributed by atoms with Crippen LogP contribution in [0.25, 0.3) is 22.2 Å². The SMILES string of the molecule is Cn1ccc2c(-c3cnc(N)c4c3C(O)NC4=O)ccnc21. The van der Waals surface area contributed by atoms with Crippen molar-refractivity contribution in [3.8, 4) is 11.1 Å². The predicted octanol–water partition coefficient (Wildman–Crippen LogP) is 0.952. The topological polar surface area (TPSA) is 106 Å². The van der Waals surface area contributed by atoms with E-state index in [2.05, 4.69) is 15.3 Å². The molecule has 4 heterocycles. The fourth-order valence-corrected chi connectivity index (χ4v) is 2.95. The first kappa shape index (κ1) is 12.8. The quantitative estimate of drug-likeness (QED) is 0.620. The summed E-state index contributed by atoms with van der Waals surface area (Å²) in [5.74, 6) is -0.293. The number of nitrogens with one attached hydrogen (secondary N) is 1. The molecule has 0 saturated heterocycles. The molecule has 0 aromatic carbocycles. The Morgan fingerprint density at radius 1 is 1.32 bits per heavy atom. The average Bonchev–Trinajstić information content (AvgIpc) is 3.02. The lowest BCUT2D eigenvalue weighted by Crippen LogP contribution is -2.18. The maximum atomic E-state index is 11.9. The van der Waals surface area contributed by atoms with Gasteiger partial charge in [0.1, 0.15) is 11.5 Å². The summed E-state index contributed by atoms with van der Waals surface area (Å²) >= 11 is 0. The van der Waals surface area contributed by atoms with Crippen LogP contribution in [0, 0.1) is 0 Å². The van der Waals surface area contributed by atoms with Crippen molar-refractivity contribution < 1.29 is 9.90 Å². The number of amides is 1. The molecule has 3 aromatic heterocycles. The minimum atomic E-state index is -1.09. The van der Waals surface area contributed by atoms with E-state index in [1.165, 1.54) is 0 Å². The molecule has 1 atom stereocenters. The number of anilines is 1. The largest absolute Gasteiger partial charge is 0.383 e. The van der Waals surface area contributed by atoms with Gasteiger partial charge in [-0.1, -0.05) is 0 Å². The standard InChI is InChI=1S/C15H13N5O2/c1-20-5-3-8-7(2-4-17-13(8)20)9-6-18-12(16)11-10(9)14(21)19-15(11)22/h2-6,14,21H,1H3,(H2,16,18)(H,19,22). The number of carbonyl (C=O) groups excluding carboxylic acids is 1. The van der Waals surface area contributed by atoms with Gasteiger partial charge in [0, 0.05) is 42.2 Å². The van der Waals surface area contributed by atoms with Gasteiger partial charge in [0.05, 0.1) is 5.56 Å². The zero-order valence-electron chi connectivity index (χ0n) is 11.7. The monoisotopic (exact) mass is 295 g/mol. The molecule has 4 rings (SSSR count). The van der Waals surface area contributed by atoms with Crippen LogP contribution in [0.5, 0.6) is 0 Å². The number of rotatable bonds is 1. The third-order valence-corrected chi connectivity index (χ3v) is 3.97. The third-order valence-electron chi connectivity index (χ3n) is 3.97. The number of aliphatic hydroxyl groups excluding tert-OH is 1. The molecule has 0 spiro atoms. The van der Waals surface area contributed by atoms with Crippen LogP contribution < -0.4 is 11.1 Å². The minimum Gasteiger partial charge on any atom is -0.383 e. The van der Waals surface area contributed by atoms with Gasteiger partial charge < -0.3 is 20.7 Å². The van der Waals surface area contributed by atoms with Crippen molar-refractivity contribution in [2.45, 2.75) is 6.23 Å². The van der Waals surface area contributed by atoms with E-state index in [0.717, 1.165) is 16.6 Å². The zero-order valence-corrected chi connectivity index (χ0v) is 11.7. The predicted molar refractivity (Wildman–Crippen MR) is 80.8 cm³/mol. The van der Waals surface area contributed by atoms with Crippen LogP contribution in [0.3, 0.4) is 0 Å². The molecule has 7 nitrogen and oxygen atoms in total. The highest BCUT2D eigenvalue weighted by Gasteiger charge is 2.33. The molecule has 0 bridgehead atoms. The first-order valence-corrected chi connectivity index (χ1v) is 6.75. The minimum absolute atomic E-state index is 0.117. The number of nitrogen functional groups attached to an aromatic ring is 1. The van der Waals surface area contributed by atoms with Gasteiger partial charge >= 0.3 is 0 Å². The number of nitrogens with two attached hydrogens (primary N) is 1. The molecule has 0 radical (unpaired) electrons. The van der Waals surface area contributed by atoms with E-state index < -0.39 is 12.1 Å². The Balaban J connectivity index is 2.07. The maximum absolute atomic E-state index is 11.9. The van der Waals surface area contributed by atoms with Crippen molar-refractivity contribution in [1.29, 1.82) is 0 Å². The van der Waals surface area contributed by atoms with Crippen LogP contribution in [0.2, 0.25) is 0 Å².